The van der Waals surface area contributed by atoms with Crippen LogP contribution in [0.2, 0.25) is 0 Å². The summed E-state index contributed by atoms with van der Waals surface area (Å²) in [5, 5.41) is 10.0. The van der Waals surface area contributed by atoms with Gasteiger partial charge in [0.05, 0.1) is 6.04 Å². The van der Waals surface area contributed by atoms with Gasteiger partial charge in [0.25, 0.3) is 0 Å². The highest BCUT2D eigenvalue weighted by Gasteiger charge is 2.51. The highest BCUT2D eigenvalue weighted by molar-refractivity contribution is 5.83. The Bertz CT molecular complexity index is 1050. The number of aromatic amines is 2. The molecule has 7 heteroatoms. The molecule has 1 saturated carbocycles. The highest BCUT2D eigenvalue weighted by Crippen LogP contribution is 2.49. The zero-order valence-corrected chi connectivity index (χ0v) is 17.1. The van der Waals surface area contributed by atoms with E-state index in [-0.39, 0.29) is 18.2 Å². The lowest BCUT2D eigenvalue weighted by molar-refractivity contribution is 0.00614. The number of carbonyl (C=O) groups is 1. The van der Waals surface area contributed by atoms with Gasteiger partial charge in [-0.25, -0.2) is 4.79 Å². The minimum absolute atomic E-state index is 0.0761. The fraction of sp³-hybridized carbons (Fsp3) is 0.500. The molecule has 3 atom stereocenters. The van der Waals surface area contributed by atoms with Crippen molar-refractivity contribution in [3.05, 3.63) is 47.7 Å². The molecule has 2 bridgehead atoms. The van der Waals surface area contributed by atoms with Crippen molar-refractivity contribution < 1.29 is 9.53 Å². The van der Waals surface area contributed by atoms with Gasteiger partial charge in [-0.05, 0) is 57.6 Å². The monoisotopic (exact) mass is 393 g/mol. The molecule has 3 heterocycles. The summed E-state index contributed by atoms with van der Waals surface area (Å²) < 4.78 is 5.69. The number of nitrogens with zero attached hydrogens (tertiary/aromatic N) is 3. The maximum Gasteiger partial charge on any atom is 0.411 e. The van der Waals surface area contributed by atoms with Crippen LogP contribution < -0.4 is 0 Å². The molecule has 1 aliphatic heterocycles. The third kappa shape index (κ3) is 3.28. The van der Waals surface area contributed by atoms with Crippen molar-refractivity contribution in [1.29, 1.82) is 0 Å². The van der Waals surface area contributed by atoms with E-state index in [1.807, 2.05) is 44.0 Å². The number of rotatable bonds is 3. The minimum Gasteiger partial charge on any atom is -0.444 e. The summed E-state index contributed by atoms with van der Waals surface area (Å²) in [6.45, 7) is 5.71. The topological polar surface area (TPSA) is 86.9 Å². The van der Waals surface area contributed by atoms with Gasteiger partial charge in [0.1, 0.15) is 11.4 Å². The molecule has 1 aromatic carbocycles. The Balaban J connectivity index is 1.39. The second-order valence-corrected chi connectivity index (χ2v) is 9.25. The zero-order valence-electron chi connectivity index (χ0n) is 17.1. The van der Waals surface area contributed by atoms with Crippen LogP contribution in [-0.4, -0.2) is 42.8 Å². The van der Waals surface area contributed by atoms with E-state index in [9.17, 15) is 4.79 Å². The van der Waals surface area contributed by atoms with Crippen molar-refractivity contribution >= 4 is 17.0 Å². The fourth-order valence-electron chi connectivity index (χ4n) is 4.90. The van der Waals surface area contributed by atoms with E-state index in [2.05, 4.69) is 32.3 Å². The summed E-state index contributed by atoms with van der Waals surface area (Å²) in [5.74, 6) is 2.01. The zero-order chi connectivity index (χ0) is 20.2. The molecule has 2 aliphatic rings. The quantitative estimate of drug-likeness (QED) is 0.693. The summed E-state index contributed by atoms with van der Waals surface area (Å²) in [5.41, 5.74) is 1.79. The Morgan fingerprint density at radius 3 is 2.90 bits per heavy atom. The number of nitrogens with one attached hydrogen (secondary N) is 2. The van der Waals surface area contributed by atoms with Gasteiger partial charge < -0.3 is 14.7 Å². The van der Waals surface area contributed by atoms with Crippen LogP contribution >= 0.6 is 0 Å². The number of piperidine rings is 1. The van der Waals surface area contributed by atoms with Crippen LogP contribution in [0.1, 0.15) is 63.3 Å². The molecular formula is C22H27N5O2. The number of para-hydroxylation sites is 1. The van der Waals surface area contributed by atoms with E-state index < -0.39 is 5.60 Å². The van der Waals surface area contributed by atoms with Crippen molar-refractivity contribution in [2.45, 2.75) is 64.1 Å². The van der Waals surface area contributed by atoms with Gasteiger partial charge >= 0.3 is 6.09 Å². The predicted octanol–water partition coefficient (Wildman–Crippen LogP) is 4.34. The number of amides is 1. The van der Waals surface area contributed by atoms with Crippen LogP contribution in [-0.2, 0) is 11.2 Å². The van der Waals surface area contributed by atoms with Gasteiger partial charge in [-0.2, -0.15) is 0 Å². The number of hydrogen-bond acceptors (Lipinski definition) is 4. The van der Waals surface area contributed by atoms with Crippen molar-refractivity contribution in [2.75, 3.05) is 0 Å². The van der Waals surface area contributed by atoms with Gasteiger partial charge in [-0.3, -0.25) is 4.90 Å². The van der Waals surface area contributed by atoms with Gasteiger partial charge in [-0.1, -0.05) is 18.2 Å². The van der Waals surface area contributed by atoms with Crippen LogP contribution in [0, 0.1) is 5.92 Å². The van der Waals surface area contributed by atoms with Crippen molar-refractivity contribution in [3.8, 4) is 0 Å². The van der Waals surface area contributed by atoms with Gasteiger partial charge in [0.15, 0.2) is 5.82 Å². The molecule has 3 aromatic rings. The number of fused-ring (bicyclic) bond motifs is 3. The largest absolute Gasteiger partial charge is 0.444 e. The molecule has 2 aromatic heterocycles. The molecular weight excluding hydrogens is 366 g/mol. The van der Waals surface area contributed by atoms with Crippen molar-refractivity contribution in [1.82, 2.24) is 25.1 Å². The van der Waals surface area contributed by atoms with E-state index in [1.54, 1.807) is 0 Å². The smallest absolute Gasteiger partial charge is 0.411 e. The van der Waals surface area contributed by atoms with E-state index in [0.29, 0.717) is 12.3 Å². The first-order valence-electron chi connectivity index (χ1n) is 10.4. The number of hydrogen-bond donors (Lipinski definition) is 2. The maximum atomic E-state index is 12.9. The Kier molecular flexibility index (Phi) is 4.15. The normalized spacial score (nSPS) is 23.8. The summed E-state index contributed by atoms with van der Waals surface area (Å²) >= 11 is 0. The average Bonchev–Trinajstić information content (AvgIpc) is 3.44. The number of benzene rings is 1. The summed E-state index contributed by atoms with van der Waals surface area (Å²) in [4.78, 5) is 21.5. The van der Waals surface area contributed by atoms with E-state index in [4.69, 9.17) is 4.74 Å². The highest BCUT2D eigenvalue weighted by atomic mass is 16.6. The first kappa shape index (κ1) is 18.2. The van der Waals surface area contributed by atoms with Crippen molar-refractivity contribution in [2.24, 2.45) is 5.92 Å². The van der Waals surface area contributed by atoms with Gasteiger partial charge in [0, 0.05) is 29.6 Å². The fourth-order valence-corrected chi connectivity index (χ4v) is 4.90. The average molecular weight is 393 g/mol. The summed E-state index contributed by atoms with van der Waals surface area (Å²) in [6.07, 6.45) is 5.62. The molecule has 0 spiro atoms. The number of likely N-dealkylation sites (tertiary alicyclic amines) is 1. The third-order valence-electron chi connectivity index (χ3n) is 6.05. The van der Waals surface area contributed by atoms with Crippen LogP contribution in [0.15, 0.2) is 30.5 Å². The molecule has 2 N–H and O–H groups in total. The Morgan fingerprint density at radius 1 is 1.24 bits per heavy atom. The molecule has 1 aliphatic carbocycles. The Labute approximate surface area is 169 Å². The molecule has 152 valence electrons. The first-order valence-corrected chi connectivity index (χ1v) is 10.4. The van der Waals surface area contributed by atoms with Crippen LogP contribution in [0.25, 0.3) is 10.9 Å². The Hall–Kier alpha value is -2.83. The molecule has 2 fully saturated rings. The minimum atomic E-state index is -0.509. The lowest BCUT2D eigenvalue weighted by Gasteiger charge is -2.35. The molecule has 5 rings (SSSR count). The van der Waals surface area contributed by atoms with E-state index in [1.165, 1.54) is 10.9 Å². The van der Waals surface area contributed by atoms with Crippen LogP contribution in [0.5, 0.6) is 0 Å². The van der Waals surface area contributed by atoms with E-state index in [0.717, 1.165) is 36.4 Å². The molecule has 29 heavy (non-hydrogen) atoms. The van der Waals surface area contributed by atoms with Crippen LogP contribution in [0.3, 0.4) is 0 Å². The predicted molar refractivity (Wildman–Crippen MR) is 109 cm³/mol. The van der Waals surface area contributed by atoms with Gasteiger partial charge in [-0.15, -0.1) is 10.2 Å². The second kappa shape index (κ2) is 6.61. The van der Waals surface area contributed by atoms with Gasteiger partial charge in [0.2, 0.25) is 0 Å². The summed E-state index contributed by atoms with van der Waals surface area (Å²) in [6, 6.07) is 8.40. The number of carbonyl (C=O) groups excluding carboxylic acids is 1. The SMILES string of the molecule is CC(C)(C)OC(=O)N1[C@@H]2CC[C@@H](C2)[C@H]1c1nnc(Cc2c[nH]c3ccccc23)[nH]1. The standard InChI is InChI=1S/C22H27N5O2/c1-22(2,3)29-21(28)27-15-9-8-13(10-15)19(27)20-24-18(25-26-20)11-14-12-23-17-7-5-4-6-16(14)17/h4-7,12-13,15,19,23H,8-11H2,1-3H3,(H,24,25,26)/t13-,15+,19-/m0/s1. The lowest BCUT2D eigenvalue weighted by Crippen LogP contribution is -2.43. The third-order valence-corrected chi connectivity index (χ3v) is 6.05. The molecule has 0 radical (unpaired) electrons. The summed E-state index contributed by atoms with van der Waals surface area (Å²) in [7, 11) is 0. The molecule has 1 amide bonds. The lowest BCUT2D eigenvalue weighted by atomic mass is 9.98. The van der Waals surface area contributed by atoms with Crippen LogP contribution in [0.4, 0.5) is 4.79 Å². The Morgan fingerprint density at radius 2 is 2.07 bits per heavy atom. The number of H-pyrrole nitrogens is 2. The van der Waals surface area contributed by atoms with Crippen molar-refractivity contribution in [3.63, 3.8) is 0 Å². The molecule has 0 unspecified atom stereocenters. The number of aromatic nitrogens is 4. The van der Waals surface area contributed by atoms with E-state index >= 15 is 0 Å². The first-order chi connectivity index (χ1) is 13.9. The molecule has 7 nitrogen and oxygen atoms in total. The maximum absolute atomic E-state index is 12.9. The molecule has 1 saturated heterocycles. The second-order valence-electron chi connectivity index (χ2n) is 9.25. The number of ether oxygens (including phenoxy) is 1.